The van der Waals surface area contributed by atoms with Crippen LogP contribution in [0.5, 0.6) is 0 Å². The number of para-hydroxylation sites is 6. The van der Waals surface area contributed by atoms with E-state index in [2.05, 4.69) is 501 Å². The highest BCUT2D eigenvalue weighted by molar-refractivity contribution is 6.25. The van der Waals surface area contributed by atoms with E-state index in [0.717, 1.165) is 85.2 Å². The van der Waals surface area contributed by atoms with E-state index in [-0.39, 0.29) is 0 Å². The summed E-state index contributed by atoms with van der Waals surface area (Å²) in [4.78, 5) is 14.8. The predicted octanol–water partition coefficient (Wildman–Crippen LogP) is 33.5. The number of hydrogen-bond acceptors (Lipinski definition) is 3. The molecule has 3 heterocycles. The Labute approximate surface area is 766 Å². The fourth-order valence-corrected chi connectivity index (χ4v) is 20.2. The minimum Gasteiger partial charge on any atom is -0.297 e. The van der Waals surface area contributed by atoms with Crippen molar-refractivity contribution in [3.63, 3.8) is 0 Å². The van der Waals surface area contributed by atoms with Gasteiger partial charge in [-0.25, -0.2) is 15.0 Å². The molecule has 0 aliphatic rings. The summed E-state index contributed by atoms with van der Waals surface area (Å²) in [5, 5.41) is 15.1. The Morgan fingerprint density at radius 2 is 0.409 bits per heavy atom. The molecule has 622 valence electrons. The van der Waals surface area contributed by atoms with E-state index in [9.17, 15) is 0 Å². The quantitative estimate of drug-likeness (QED) is 0.102. The molecule has 0 fully saturated rings. The molecule has 3 aromatic heterocycles. The summed E-state index contributed by atoms with van der Waals surface area (Å²) in [5.41, 5.74) is 32.9. The van der Waals surface area contributed by atoms with E-state index in [0.29, 0.717) is 0 Å². The van der Waals surface area contributed by atoms with Crippen LogP contribution in [0.1, 0.15) is 18.6 Å². The Morgan fingerprint density at radius 1 is 0.174 bits per heavy atom. The molecule has 0 atom stereocenters. The Bertz CT molecular complexity index is 8660. The molecule has 0 bridgehead atoms. The van der Waals surface area contributed by atoms with Gasteiger partial charge < -0.3 is 0 Å². The van der Waals surface area contributed by atoms with Crippen LogP contribution in [0, 0.1) is 6.92 Å². The predicted molar refractivity (Wildman–Crippen MR) is 557 cm³/mol. The lowest BCUT2D eigenvalue weighted by Gasteiger charge is -2.19. The van der Waals surface area contributed by atoms with Crippen molar-refractivity contribution in [1.29, 1.82) is 0 Å². The van der Waals surface area contributed by atoms with Gasteiger partial charge in [0.25, 0.3) is 0 Å². The number of fused-ring (bicyclic) bond motifs is 9. The third-order valence-electron chi connectivity index (χ3n) is 26.0. The van der Waals surface area contributed by atoms with Gasteiger partial charge in [0.15, 0.2) is 0 Å². The Hall–Kier alpha value is -17.2. The third kappa shape index (κ3) is 14.5. The fraction of sp³-hybridized carbons (Fsp3) is 0.0238. The van der Waals surface area contributed by atoms with E-state index < -0.39 is 0 Å². The lowest BCUT2D eigenvalue weighted by Crippen LogP contribution is -2.00. The van der Waals surface area contributed by atoms with Crippen LogP contribution >= 0.6 is 0 Å². The van der Waals surface area contributed by atoms with Gasteiger partial charge in [-0.05, 0) is 263 Å². The first-order chi connectivity index (χ1) is 65.4. The monoisotopic (exact) mass is 1680 g/mol. The maximum Gasteiger partial charge on any atom is 0.145 e. The lowest BCUT2D eigenvalue weighted by atomic mass is 9.85. The van der Waals surface area contributed by atoms with Gasteiger partial charge in [0, 0.05) is 29.0 Å². The minimum atomic E-state index is 0.866. The summed E-state index contributed by atoms with van der Waals surface area (Å²) in [6.45, 7) is 4.25. The molecule has 25 aromatic rings. The zero-order chi connectivity index (χ0) is 88.0. The Balaban J connectivity index is 0.000000113. The van der Waals surface area contributed by atoms with Crippen molar-refractivity contribution in [1.82, 2.24) is 28.7 Å². The molecule has 22 aromatic carbocycles. The zero-order valence-electron chi connectivity index (χ0n) is 73.1. The number of aromatic nitrogens is 6. The van der Waals surface area contributed by atoms with Crippen molar-refractivity contribution >= 4 is 97.7 Å². The van der Waals surface area contributed by atoms with Crippen LogP contribution < -0.4 is 0 Å². The molecule has 0 saturated heterocycles. The SMILES string of the molecule is CCc1nc2ccccc2n1-c1cccc(-c2ccc3c(-c4ccccc4)c4ccccc4c(-c4ccccc4)c3c2)c1.Cc1nc2ccccc2n1-c1cccc(-c2ccc3c(-c4ccccc4)c4ccccc4c(-c4ccccc4)c3c2)c1.c1ccc(-c2c3ccccc3c(-c3ccccc3)c3cc(-c4cccc(-n5c(-c6ccccc6)nc6ccccc65)c4)ccc23)cc1. The van der Waals surface area contributed by atoms with E-state index in [1.165, 1.54) is 159 Å². The van der Waals surface area contributed by atoms with E-state index in [1.54, 1.807) is 0 Å². The number of imidazole rings is 3. The molecule has 25 rings (SSSR count). The van der Waals surface area contributed by atoms with Crippen molar-refractivity contribution in [3.05, 3.63) is 497 Å². The number of aryl methyl sites for hydroxylation is 2. The largest absolute Gasteiger partial charge is 0.297 e. The van der Waals surface area contributed by atoms with Crippen LogP contribution in [-0.4, -0.2) is 28.7 Å². The first kappa shape index (κ1) is 79.5. The molecule has 132 heavy (non-hydrogen) atoms. The van der Waals surface area contributed by atoms with Crippen molar-refractivity contribution in [3.8, 4) is 129 Å². The van der Waals surface area contributed by atoms with Gasteiger partial charge in [0.2, 0.25) is 0 Å². The van der Waals surface area contributed by atoms with E-state index >= 15 is 0 Å². The molecule has 0 aliphatic carbocycles. The van der Waals surface area contributed by atoms with Gasteiger partial charge in [-0.3, -0.25) is 13.7 Å². The molecular weight excluding hydrogens is 1600 g/mol. The van der Waals surface area contributed by atoms with Gasteiger partial charge >= 0.3 is 0 Å². The summed E-state index contributed by atoms with van der Waals surface area (Å²) < 4.78 is 6.83. The topological polar surface area (TPSA) is 53.5 Å². The molecule has 0 aliphatic heterocycles. The minimum absolute atomic E-state index is 0.866. The molecule has 0 unspecified atom stereocenters. The summed E-state index contributed by atoms with van der Waals surface area (Å²) >= 11 is 0. The molecule has 0 N–H and O–H groups in total. The third-order valence-corrected chi connectivity index (χ3v) is 26.0. The molecule has 0 saturated carbocycles. The number of nitrogens with zero attached hydrogens (tertiary/aromatic N) is 6. The maximum absolute atomic E-state index is 5.08. The fourth-order valence-electron chi connectivity index (χ4n) is 20.2. The summed E-state index contributed by atoms with van der Waals surface area (Å²) in [5.74, 6) is 2.99. The van der Waals surface area contributed by atoms with Gasteiger partial charge in [0.1, 0.15) is 17.5 Å². The summed E-state index contributed by atoms with van der Waals surface area (Å²) in [6, 6.07) is 174. The molecule has 6 nitrogen and oxygen atoms in total. The normalized spacial score (nSPS) is 11.4. The van der Waals surface area contributed by atoms with Crippen LogP contribution in [-0.2, 0) is 6.42 Å². The second-order valence-corrected chi connectivity index (χ2v) is 33.8. The van der Waals surface area contributed by atoms with Crippen LogP contribution in [0.3, 0.4) is 0 Å². The Morgan fingerprint density at radius 3 is 0.742 bits per heavy atom. The van der Waals surface area contributed by atoms with Crippen molar-refractivity contribution in [2.45, 2.75) is 20.3 Å². The summed E-state index contributed by atoms with van der Waals surface area (Å²) in [7, 11) is 0. The highest BCUT2D eigenvalue weighted by Gasteiger charge is 2.25. The second-order valence-electron chi connectivity index (χ2n) is 33.8. The van der Waals surface area contributed by atoms with Crippen molar-refractivity contribution < 1.29 is 0 Å². The maximum atomic E-state index is 5.08. The highest BCUT2D eigenvalue weighted by Crippen LogP contribution is 2.50. The standard InChI is InChI=1S/C45H30N2.C41H30N2.C40H28N2/c1-4-15-31(16-5-1)43-37-23-10-11-24-38(37)44(32-17-6-2-7-18-32)40-30-35(27-28-39(40)43)34-21-14-22-36(29-34)47-42-26-13-12-25-41(42)46-45(47)33-19-8-3-9-20-33;1-2-39-42-37-22-11-12-23-38(37)43(39)32-19-13-18-30(26-32)31-24-25-35-36(27-31)41(29-16-7-4-8-17-29)34-21-10-9-20-33(34)40(35)28-14-5-3-6-15-28;1-27-41-37-21-10-11-22-38(37)42(27)32-18-12-17-30(25-32)31-23-24-35-36(26-31)40(29-15-6-3-7-16-29)34-20-9-8-19-33(34)39(35)28-13-4-2-5-14-28/h1-30H;3-27H,2H2,1H3;2-26H,1H3. The molecule has 6 heteroatoms. The Kier molecular flexibility index (Phi) is 20.8. The number of rotatable bonds is 14. The van der Waals surface area contributed by atoms with Crippen LogP contribution in [0.25, 0.3) is 226 Å². The average molecular weight is 1690 g/mol. The lowest BCUT2D eigenvalue weighted by molar-refractivity contribution is 0.908. The zero-order valence-corrected chi connectivity index (χ0v) is 73.1. The molecule has 0 radical (unpaired) electrons. The van der Waals surface area contributed by atoms with E-state index in [1.807, 2.05) is 12.1 Å². The number of benzene rings is 22. The van der Waals surface area contributed by atoms with Gasteiger partial charge in [0.05, 0.1) is 33.1 Å². The van der Waals surface area contributed by atoms with Gasteiger partial charge in [-0.1, -0.05) is 401 Å². The first-order valence-electron chi connectivity index (χ1n) is 45.4. The van der Waals surface area contributed by atoms with Crippen LogP contribution in [0.2, 0.25) is 0 Å². The van der Waals surface area contributed by atoms with Crippen LogP contribution in [0.15, 0.2) is 485 Å². The second kappa shape index (κ2) is 34.5. The van der Waals surface area contributed by atoms with E-state index in [4.69, 9.17) is 15.0 Å². The molecule has 0 amide bonds. The van der Waals surface area contributed by atoms with Crippen molar-refractivity contribution in [2.24, 2.45) is 0 Å². The smallest absolute Gasteiger partial charge is 0.145 e. The van der Waals surface area contributed by atoms with Gasteiger partial charge in [-0.15, -0.1) is 0 Å². The highest BCUT2D eigenvalue weighted by atomic mass is 15.1. The molecular formula is C126H88N6. The van der Waals surface area contributed by atoms with Crippen LogP contribution in [0.4, 0.5) is 0 Å². The number of hydrogen-bond donors (Lipinski definition) is 0. The average Bonchev–Trinajstić information content (AvgIpc) is 1.20. The van der Waals surface area contributed by atoms with Crippen molar-refractivity contribution in [2.75, 3.05) is 0 Å². The summed E-state index contributed by atoms with van der Waals surface area (Å²) in [6.07, 6.45) is 0.866. The molecule has 0 spiro atoms. The van der Waals surface area contributed by atoms with Gasteiger partial charge in [-0.2, -0.15) is 0 Å². The first-order valence-corrected chi connectivity index (χ1v) is 45.4.